The topological polar surface area (TPSA) is 53.7 Å². The molecule has 0 spiro atoms. The van der Waals surface area contributed by atoms with Gasteiger partial charge in [0.2, 0.25) is 0 Å². The molecule has 1 fully saturated rings. The van der Waals surface area contributed by atoms with Crippen molar-refractivity contribution in [1.82, 2.24) is 4.90 Å². The van der Waals surface area contributed by atoms with Crippen LogP contribution in [0.15, 0.2) is 53.1 Å². The van der Waals surface area contributed by atoms with Gasteiger partial charge in [0.15, 0.2) is 5.76 Å². The standard InChI is InChI=1S/C17H19NO3/c19-16(13-5-2-1-3-6-13)14-8-10-18(11-9-14)17(20)15-7-4-12-21-15/h1-7,12,14,16,19H,8-11H2. The van der Waals surface area contributed by atoms with E-state index in [1.807, 2.05) is 30.3 Å². The van der Waals surface area contributed by atoms with E-state index in [9.17, 15) is 9.90 Å². The highest BCUT2D eigenvalue weighted by atomic mass is 16.3. The van der Waals surface area contributed by atoms with Gasteiger partial charge in [-0.3, -0.25) is 4.79 Å². The monoisotopic (exact) mass is 285 g/mol. The lowest BCUT2D eigenvalue weighted by Crippen LogP contribution is -2.39. The van der Waals surface area contributed by atoms with Crippen LogP contribution in [0.1, 0.15) is 35.1 Å². The molecule has 1 aromatic carbocycles. The first-order valence-corrected chi connectivity index (χ1v) is 7.31. The van der Waals surface area contributed by atoms with Gasteiger partial charge in [0.1, 0.15) is 0 Å². The molecule has 0 radical (unpaired) electrons. The predicted molar refractivity (Wildman–Crippen MR) is 78.7 cm³/mol. The number of aliphatic hydroxyl groups is 1. The van der Waals surface area contributed by atoms with Gasteiger partial charge in [0.25, 0.3) is 5.91 Å². The Bertz CT molecular complexity index is 571. The average Bonchev–Trinajstić information content (AvgIpc) is 3.09. The molecule has 0 bridgehead atoms. The maximum atomic E-state index is 12.2. The molecule has 21 heavy (non-hydrogen) atoms. The molecular weight excluding hydrogens is 266 g/mol. The zero-order valence-electron chi connectivity index (χ0n) is 11.8. The van der Waals surface area contributed by atoms with Crippen LogP contribution in [-0.2, 0) is 0 Å². The summed E-state index contributed by atoms with van der Waals surface area (Å²) >= 11 is 0. The smallest absolute Gasteiger partial charge is 0.289 e. The molecule has 1 atom stereocenters. The largest absolute Gasteiger partial charge is 0.459 e. The van der Waals surface area contributed by atoms with Gasteiger partial charge in [-0.15, -0.1) is 0 Å². The number of rotatable bonds is 3. The molecule has 1 amide bonds. The Hall–Kier alpha value is -2.07. The summed E-state index contributed by atoms with van der Waals surface area (Å²) in [5.41, 5.74) is 0.952. The molecule has 0 saturated carbocycles. The van der Waals surface area contributed by atoms with Crippen molar-refractivity contribution in [3.8, 4) is 0 Å². The molecule has 1 saturated heterocycles. The highest BCUT2D eigenvalue weighted by Gasteiger charge is 2.29. The van der Waals surface area contributed by atoms with E-state index >= 15 is 0 Å². The maximum Gasteiger partial charge on any atom is 0.289 e. The lowest BCUT2D eigenvalue weighted by molar-refractivity contribution is 0.0442. The van der Waals surface area contributed by atoms with Gasteiger partial charge in [-0.2, -0.15) is 0 Å². The minimum atomic E-state index is -0.452. The van der Waals surface area contributed by atoms with E-state index in [1.54, 1.807) is 17.0 Å². The second-order valence-electron chi connectivity index (χ2n) is 5.46. The number of amides is 1. The first-order valence-electron chi connectivity index (χ1n) is 7.31. The number of carbonyl (C=O) groups is 1. The Balaban J connectivity index is 1.59. The lowest BCUT2D eigenvalue weighted by Gasteiger charge is -2.34. The van der Waals surface area contributed by atoms with Crippen LogP contribution in [-0.4, -0.2) is 29.0 Å². The van der Waals surface area contributed by atoms with E-state index in [0.717, 1.165) is 18.4 Å². The zero-order valence-corrected chi connectivity index (χ0v) is 11.8. The molecule has 0 aliphatic carbocycles. The third-order valence-corrected chi connectivity index (χ3v) is 4.15. The number of piperidine rings is 1. The molecule has 1 unspecified atom stereocenters. The van der Waals surface area contributed by atoms with Crippen molar-refractivity contribution in [2.75, 3.05) is 13.1 Å². The molecule has 3 rings (SSSR count). The summed E-state index contributed by atoms with van der Waals surface area (Å²) < 4.78 is 5.15. The minimum absolute atomic E-state index is 0.0624. The summed E-state index contributed by atoms with van der Waals surface area (Å²) in [5.74, 6) is 0.526. The number of hydrogen-bond donors (Lipinski definition) is 1. The predicted octanol–water partition coefficient (Wildman–Crippen LogP) is 2.87. The molecule has 1 N–H and O–H groups in total. The highest BCUT2D eigenvalue weighted by Crippen LogP contribution is 2.31. The van der Waals surface area contributed by atoms with E-state index in [1.165, 1.54) is 6.26 Å². The fourth-order valence-corrected chi connectivity index (χ4v) is 2.90. The number of hydrogen-bond acceptors (Lipinski definition) is 3. The Kier molecular flexibility index (Phi) is 4.06. The van der Waals surface area contributed by atoms with Gasteiger partial charge in [0.05, 0.1) is 12.4 Å². The van der Waals surface area contributed by atoms with Crippen molar-refractivity contribution < 1.29 is 14.3 Å². The number of carbonyl (C=O) groups excluding carboxylic acids is 1. The van der Waals surface area contributed by atoms with E-state index < -0.39 is 6.10 Å². The molecule has 4 heteroatoms. The number of benzene rings is 1. The molecule has 1 aliphatic rings. The average molecular weight is 285 g/mol. The van der Waals surface area contributed by atoms with Gasteiger partial charge >= 0.3 is 0 Å². The van der Waals surface area contributed by atoms with Crippen LogP contribution in [0, 0.1) is 5.92 Å². The number of likely N-dealkylation sites (tertiary alicyclic amines) is 1. The first kappa shape index (κ1) is 13.9. The van der Waals surface area contributed by atoms with E-state index in [2.05, 4.69) is 0 Å². The third kappa shape index (κ3) is 3.00. The molecule has 2 heterocycles. The van der Waals surface area contributed by atoms with Gasteiger partial charge in [0, 0.05) is 13.1 Å². The Morgan fingerprint density at radius 2 is 1.86 bits per heavy atom. The zero-order chi connectivity index (χ0) is 14.7. The molecular formula is C17H19NO3. The second kappa shape index (κ2) is 6.14. The van der Waals surface area contributed by atoms with Crippen LogP contribution in [0.25, 0.3) is 0 Å². The van der Waals surface area contributed by atoms with Crippen molar-refractivity contribution in [3.05, 3.63) is 60.1 Å². The Labute approximate surface area is 124 Å². The fraction of sp³-hybridized carbons (Fsp3) is 0.353. The Morgan fingerprint density at radius 1 is 1.14 bits per heavy atom. The quantitative estimate of drug-likeness (QED) is 0.943. The molecule has 1 aromatic heterocycles. The number of nitrogens with zero attached hydrogens (tertiary/aromatic N) is 1. The maximum absolute atomic E-state index is 12.2. The third-order valence-electron chi connectivity index (χ3n) is 4.15. The summed E-state index contributed by atoms with van der Waals surface area (Å²) in [7, 11) is 0. The van der Waals surface area contributed by atoms with Gasteiger partial charge in [-0.1, -0.05) is 30.3 Å². The van der Waals surface area contributed by atoms with Crippen molar-refractivity contribution in [3.63, 3.8) is 0 Å². The molecule has 110 valence electrons. The lowest BCUT2D eigenvalue weighted by atomic mass is 9.87. The van der Waals surface area contributed by atoms with Crippen molar-refractivity contribution in [1.29, 1.82) is 0 Å². The van der Waals surface area contributed by atoms with E-state index in [0.29, 0.717) is 18.8 Å². The summed E-state index contributed by atoms with van der Waals surface area (Å²) in [5, 5.41) is 10.4. The van der Waals surface area contributed by atoms with Crippen molar-refractivity contribution >= 4 is 5.91 Å². The Morgan fingerprint density at radius 3 is 2.48 bits per heavy atom. The van der Waals surface area contributed by atoms with Gasteiger partial charge in [-0.05, 0) is 36.5 Å². The molecule has 2 aromatic rings. The van der Waals surface area contributed by atoms with Crippen LogP contribution in [0.2, 0.25) is 0 Å². The fourth-order valence-electron chi connectivity index (χ4n) is 2.90. The SMILES string of the molecule is O=C(c1ccco1)N1CCC(C(O)c2ccccc2)CC1. The summed E-state index contributed by atoms with van der Waals surface area (Å²) in [6, 6.07) is 13.1. The summed E-state index contributed by atoms with van der Waals surface area (Å²) in [4.78, 5) is 14.0. The molecule has 4 nitrogen and oxygen atoms in total. The van der Waals surface area contributed by atoms with E-state index in [4.69, 9.17) is 4.42 Å². The summed E-state index contributed by atoms with van der Waals surface area (Å²) in [6.45, 7) is 1.32. The molecule has 1 aliphatic heterocycles. The van der Waals surface area contributed by atoms with E-state index in [-0.39, 0.29) is 11.8 Å². The van der Waals surface area contributed by atoms with Crippen LogP contribution >= 0.6 is 0 Å². The van der Waals surface area contributed by atoms with Gasteiger partial charge < -0.3 is 14.4 Å². The van der Waals surface area contributed by atoms with Crippen LogP contribution in [0.3, 0.4) is 0 Å². The van der Waals surface area contributed by atoms with Crippen molar-refractivity contribution in [2.45, 2.75) is 18.9 Å². The van der Waals surface area contributed by atoms with Crippen LogP contribution < -0.4 is 0 Å². The highest BCUT2D eigenvalue weighted by molar-refractivity contribution is 5.91. The summed E-state index contributed by atoms with van der Waals surface area (Å²) in [6.07, 6.45) is 2.68. The van der Waals surface area contributed by atoms with Crippen LogP contribution in [0.5, 0.6) is 0 Å². The second-order valence-corrected chi connectivity index (χ2v) is 5.46. The van der Waals surface area contributed by atoms with Crippen molar-refractivity contribution in [2.24, 2.45) is 5.92 Å². The first-order chi connectivity index (χ1) is 10.3. The number of aliphatic hydroxyl groups excluding tert-OH is 1. The van der Waals surface area contributed by atoms with Gasteiger partial charge in [-0.25, -0.2) is 0 Å². The van der Waals surface area contributed by atoms with Crippen LogP contribution in [0.4, 0.5) is 0 Å². The minimum Gasteiger partial charge on any atom is -0.459 e. The number of furan rings is 1. The normalized spacial score (nSPS) is 17.7.